The number of piperidine rings is 1. The van der Waals surface area contributed by atoms with E-state index in [1.54, 1.807) is 7.11 Å². The quantitative estimate of drug-likeness (QED) is 0.684. The molecule has 1 aromatic rings. The number of methoxy groups -OCH3 is 1. The Hall–Kier alpha value is -1.26. The maximum Gasteiger partial charge on any atom is 0.123 e. The number of benzene rings is 1. The summed E-state index contributed by atoms with van der Waals surface area (Å²) in [6.07, 6.45) is 4.05. The van der Waals surface area contributed by atoms with Crippen molar-refractivity contribution in [3.8, 4) is 11.5 Å². The molecule has 1 saturated heterocycles. The van der Waals surface area contributed by atoms with Gasteiger partial charge in [-0.05, 0) is 38.1 Å². The van der Waals surface area contributed by atoms with E-state index in [0.717, 1.165) is 24.7 Å². The van der Waals surface area contributed by atoms with Crippen molar-refractivity contribution < 1.29 is 14.2 Å². The topological polar surface area (TPSA) is 30.9 Å². The van der Waals surface area contributed by atoms with Crippen LogP contribution in [0.25, 0.3) is 0 Å². The second-order valence-electron chi connectivity index (χ2n) is 5.04. The highest BCUT2D eigenvalue weighted by Gasteiger charge is 2.08. The molecule has 0 aromatic heterocycles. The lowest BCUT2D eigenvalue weighted by Crippen LogP contribution is -2.32. The standard InChI is InChI=1S/C16H25NO3/c1-18-15-6-5-7-16(14-15)20-13-12-19-11-10-17-8-3-2-4-9-17/h5-7,14H,2-4,8-13H2,1H3. The maximum absolute atomic E-state index is 5.62. The average Bonchev–Trinajstić information content (AvgIpc) is 2.52. The van der Waals surface area contributed by atoms with Crippen LogP contribution in [-0.4, -0.2) is 51.5 Å². The molecule has 1 fully saturated rings. The number of rotatable bonds is 8. The summed E-state index contributed by atoms with van der Waals surface area (Å²) in [6.45, 7) is 5.49. The van der Waals surface area contributed by atoms with Gasteiger partial charge in [-0.15, -0.1) is 0 Å². The van der Waals surface area contributed by atoms with Crippen molar-refractivity contribution in [1.29, 1.82) is 0 Å². The van der Waals surface area contributed by atoms with Crippen molar-refractivity contribution in [3.05, 3.63) is 24.3 Å². The summed E-state index contributed by atoms with van der Waals surface area (Å²) in [6, 6.07) is 7.64. The lowest BCUT2D eigenvalue weighted by molar-refractivity contribution is 0.0750. The third-order valence-electron chi connectivity index (χ3n) is 3.54. The smallest absolute Gasteiger partial charge is 0.123 e. The monoisotopic (exact) mass is 279 g/mol. The van der Waals surface area contributed by atoms with Crippen molar-refractivity contribution in [2.75, 3.05) is 46.6 Å². The minimum atomic E-state index is 0.577. The van der Waals surface area contributed by atoms with Gasteiger partial charge in [0.15, 0.2) is 0 Å². The summed E-state index contributed by atoms with van der Waals surface area (Å²) in [7, 11) is 1.66. The minimum absolute atomic E-state index is 0.577. The van der Waals surface area contributed by atoms with Crippen molar-refractivity contribution in [2.24, 2.45) is 0 Å². The Bertz CT molecular complexity index is 378. The molecule has 0 aliphatic carbocycles. The van der Waals surface area contributed by atoms with Gasteiger partial charge in [-0.2, -0.15) is 0 Å². The van der Waals surface area contributed by atoms with Crippen molar-refractivity contribution in [2.45, 2.75) is 19.3 Å². The maximum atomic E-state index is 5.62. The fourth-order valence-electron chi connectivity index (χ4n) is 2.39. The second kappa shape index (κ2) is 8.82. The van der Waals surface area contributed by atoms with E-state index in [1.807, 2.05) is 24.3 Å². The Morgan fingerprint density at radius 3 is 2.60 bits per heavy atom. The summed E-state index contributed by atoms with van der Waals surface area (Å²) in [5.41, 5.74) is 0. The molecule has 4 heteroatoms. The van der Waals surface area contributed by atoms with Crippen molar-refractivity contribution in [3.63, 3.8) is 0 Å². The van der Waals surface area contributed by atoms with Gasteiger partial charge in [-0.25, -0.2) is 0 Å². The van der Waals surface area contributed by atoms with E-state index in [-0.39, 0.29) is 0 Å². The Kier molecular flexibility index (Phi) is 6.68. The average molecular weight is 279 g/mol. The normalized spacial score (nSPS) is 16.1. The van der Waals surface area contributed by atoms with E-state index in [2.05, 4.69) is 4.90 Å². The van der Waals surface area contributed by atoms with Crippen LogP contribution in [0.15, 0.2) is 24.3 Å². The molecule has 2 rings (SSSR count). The Balaban J connectivity index is 1.52. The number of ether oxygens (including phenoxy) is 3. The third-order valence-corrected chi connectivity index (χ3v) is 3.54. The molecule has 0 N–H and O–H groups in total. The first kappa shape index (κ1) is 15.1. The molecule has 20 heavy (non-hydrogen) atoms. The first-order chi connectivity index (χ1) is 9.88. The highest BCUT2D eigenvalue weighted by Crippen LogP contribution is 2.18. The largest absolute Gasteiger partial charge is 0.497 e. The summed E-state index contributed by atoms with van der Waals surface area (Å²) in [4.78, 5) is 2.48. The van der Waals surface area contributed by atoms with Crippen molar-refractivity contribution in [1.82, 2.24) is 4.90 Å². The van der Waals surface area contributed by atoms with Gasteiger partial charge in [-0.3, -0.25) is 0 Å². The SMILES string of the molecule is COc1cccc(OCCOCCN2CCCCC2)c1. The van der Waals surface area contributed by atoms with Gasteiger partial charge in [0.05, 0.1) is 20.3 Å². The lowest BCUT2D eigenvalue weighted by Gasteiger charge is -2.26. The molecule has 1 aliphatic heterocycles. The molecule has 4 nitrogen and oxygen atoms in total. The molecule has 0 radical (unpaired) electrons. The van der Waals surface area contributed by atoms with Crippen LogP contribution in [0.1, 0.15) is 19.3 Å². The third kappa shape index (κ3) is 5.39. The van der Waals surface area contributed by atoms with Crippen molar-refractivity contribution >= 4 is 0 Å². The van der Waals surface area contributed by atoms with Gasteiger partial charge in [-0.1, -0.05) is 12.5 Å². The summed E-state index contributed by atoms with van der Waals surface area (Å²) in [5, 5.41) is 0. The number of hydrogen-bond acceptors (Lipinski definition) is 4. The second-order valence-corrected chi connectivity index (χ2v) is 5.04. The molecule has 0 amide bonds. The fourth-order valence-corrected chi connectivity index (χ4v) is 2.39. The zero-order chi connectivity index (χ0) is 14.0. The summed E-state index contributed by atoms with van der Waals surface area (Å²) < 4.78 is 16.4. The number of likely N-dealkylation sites (tertiary alicyclic amines) is 1. The molecular formula is C16H25NO3. The van der Waals surface area contributed by atoms with Gasteiger partial charge in [0.2, 0.25) is 0 Å². The van der Waals surface area contributed by atoms with Crippen LogP contribution in [0.5, 0.6) is 11.5 Å². The molecule has 1 aliphatic rings. The fraction of sp³-hybridized carbons (Fsp3) is 0.625. The van der Waals surface area contributed by atoms with E-state index in [0.29, 0.717) is 13.2 Å². The molecule has 0 unspecified atom stereocenters. The first-order valence-electron chi connectivity index (χ1n) is 7.45. The van der Waals surface area contributed by atoms with E-state index >= 15 is 0 Å². The van der Waals surface area contributed by atoms with E-state index < -0.39 is 0 Å². The van der Waals surface area contributed by atoms with Crippen LogP contribution in [0.2, 0.25) is 0 Å². The zero-order valence-electron chi connectivity index (χ0n) is 12.3. The van der Waals surface area contributed by atoms with Gasteiger partial charge in [0.1, 0.15) is 18.1 Å². The van der Waals surface area contributed by atoms with Gasteiger partial charge in [0.25, 0.3) is 0 Å². The molecule has 0 bridgehead atoms. The predicted octanol–water partition coefficient (Wildman–Crippen LogP) is 2.58. The molecule has 1 heterocycles. The Morgan fingerprint density at radius 2 is 1.80 bits per heavy atom. The summed E-state index contributed by atoms with van der Waals surface area (Å²) in [5.74, 6) is 1.64. The molecule has 112 valence electrons. The lowest BCUT2D eigenvalue weighted by atomic mass is 10.1. The first-order valence-corrected chi connectivity index (χ1v) is 7.45. The van der Waals surface area contributed by atoms with Crippen LogP contribution in [0, 0.1) is 0 Å². The highest BCUT2D eigenvalue weighted by atomic mass is 16.5. The Labute approximate surface area is 121 Å². The summed E-state index contributed by atoms with van der Waals surface area (Å²) >= 11 is 0. The predicted molar refractivity (Wildman–Crippen MR) is 79.6 cm³/mol. The highest BCUT2D eigenvalue weighted by molar-refractivity contribution is 5.32. The molecule has 0 spiro atoms. The molecule has 0 saturated carbocycles. The van der Waals surface area contributed by atoms with Crippen LogP contribution in [-0.2, 0) is 4.74 Å². The minimum Gasteiger partial charge on any atom is -0.497 e. The number of nitrogens with zero attached hydrogens (tertiary/aromatic N) is 1. The van der Waals surface area contributed by atoms with E-state index in [4.69, 9.17) is 14.2 Å². The number of hydrogen-bond donors (Lipinski definition) is 0. The van der Waals surface area contributed by atoms with E-state index in [1.165, 1.54) is 32.4 Å². The Morgan fingerprint density at radius 1 is 1.00 bits per heavy atom. The van der Waals surface area contributed by atoms with Crippen LogP contribution in [0.4, 0.5) is 0 Å². The van der Waals surface area contributed by atoms with Gasteiger partial charge >= 0.3 is 0 Å². The van der Waals surface area contributed by atoms with E-state index in [9.17, 15) is 0 Å². The molecule has 1 aromatic carbocycles. The zero-order valence-corrected chi connectivity index (χ0v) is 12.3. The van der Waals surface area contributed by atoms with Gasteiger partial charge < -0.3 is 19.1 Å². The van der Waals surface area contributed by atoms with Gasteiger partial charge in [0, 0.05) is 12.6 Å². The van der Waals surface area contributed by atoms with Crippen LogP contribution >= 0.6 is 0 Å². The van der Waals surface area contributed by atoms with Crippen LogP contribution in [0.3, 0.4) is 0 Å². The molecular weight excluding hydrogens is 254 g/mol. The molecule has 0 atom stereocenters. The van der Waals surface area contributed by atoms with Crippen LogP contribution < -0.4 is 9.47 Å².